The van der Waals surface area contributed by atoms with E-state index in [-0.39, 0.29) is 30.1 Å². The van der Waals surface area contributed by atoms with Crippen molar-refractivity contribution in [2.24, 2.45) is 5.92 Å². The SMILES string of the molecule is CCN(CC(=O)NCc1ccc(F)cc1)C(=O)C1CCCN(c2ncccn2)C1. The molecule has 29 heavy (non-hydrogen) atoms. The molecule has 2 heterocycles. The van der Waals surface area contributed by atoms with Gasteiger partial charge in [0.25, 0.3) is 0 Å². The zero-order valence-corrected chi connectivity index (χ0v) is 16.6. The number of anilines is 1. The van der Waals surface area contributed by atoms with Gasteiger partial charge in [0, 0.05) is 38.6 Å². The van der Waals surface area contributed by atoms with Crippen LogP contribution in [0.25, 0.3) is 0 Å². The van der Waals surface area contributed by atoms with Crippen molar-refractivity contribution in [3.05, 3.63) is 54.1 Å². The van der Waals surface area contributed by atoms with Crippen LogP contribution in [0.2, 0.25) is 0 Å². The van der Waals surface area contributed by atoms with Gasteiger partial charge < -0.3 is 15.1 Å². The molecule has 0 bridgehead atoms. The first-order chi connectivity index (χ1) is 14.1. The fraction of sp³-hybridized carbons (Fsp3) is 0.429. The summed E-state index contributed by atoms with van der Waals surface area (Å²) in [4.78, 5) is 37.5. The fourth-order valence-electron chi connectivity index (χ4n) is 3.45. The summed E-state index contributed by atoms with van der Waals surface area (Å²) in [7, 11) is 0. The third-order valence-electron chi connectivity index (χ3n) is 5.04. The third kappa shape index (κ3) is 5.73. The fourth-order valence-corrected chi connectivity index (χ4v) is 3.45. The lowest BCUT2D eigenvalue weighted by molar-refractivity contribution is -0.139. The summed E-state index contributed by atoms with van der Waals surface area (Å²) in [6.07, 6.45) is 5.05. The molecule has 1 aliphatic heterocycles. The van der Waals surface area contributed by atoms with Gasteiger partial charge >= 0.3 is 0 Å². The first-order valence-electron chi connectivity index (χ1n) is 9.88. The molecule has 0 saturated carbocycles. The van der Waals surface area contributed by atoms with Crippen LogP contribution in [0, 0.1) is 11.7 Å². The van der Waals surface area contributed by atoms with E-state index < -0.39 is 0 Å². The number of aromatic nitrogens is 2. The van der Waals surface area contributed by atoms with Gasteiger partial charge in [-0.2, -0.15) is 0 Å². The van der Waals surface area contributed by atoms with Crippen LogP contribution in [0.5, 0.6) is 0 Å². The summed E-state index contributed by atoms with van der Waals surface area (Å²) in [5, 5.41) is 2.79. The Balaban J connectivity index is 1.53. The van der Waals surface area contributed by atoms with Gasteiger partial charge in [0.2, 0.25) is 17.8 Å². The third-order valence-corrected chi connectivity index (χ3v) is 5.04. The molecule has 1 aromatic carbocycles. The van der Waals surface area contributed by atoms with Gasteiger partial charge in [-0.1, -0.05) is 12.1 Å². The van der Waals surface area contributed by atoms with E-state index in [9.17, 15) is 14.0 Å². The van der Waals surface area contributed by atoms with E-state index in [0.717, 1.165) is 24.9 Å². The van der Waals surface area contributed by atoms with Crippen molar-refractivity contribution in [3.63, 3.8) is 0 Å². The molecule has 1 aromatic heterocycles. The molecule has 2 amide bonds. The normalized spacial score (nSPS) is 16.3. The van der Waals surface area contributed by atoms with Crippen LogP contribution in [-0.4, -0.2) is 52.9 Å². The highest BCUT2D eigenvalue weighted by molar-refractivity contribution is 5.86. The predicted octanol–water partition coefficient (Wildman–Crippen LogP) is 2.00. The van der Waals surface area contributed by atoms with E-state index in [1.165, 1.54) is 12.1 Å². The van der Waals surface area contributed by atoms with E-state index in [4.69, 9.17) is 0 Å². The second-order valence-corrected chi connectivity index (χ2v) is 7.09. The molecule has 1 fully saturated rings. The average molecular weight is 399 g/mol. The lowest BCUT2D eigenvalue weighted by Gasteiger charge is -2.34. The number of rotatable bonds is 7. The highest BCUT2D eigenvalue weighted by Gasteiger charge is 2.30. The number of nitrogens with one attached hydrogen (secondary N) is 1. The number of hydrogen-bond acceptors (Lipinski definition) is 5. The first-order valence-corrected chi connectivity index (χ1v) is 9.88. The Morgan fingerprint density at radius 1 is 1.24 bits per heavy atom. The monoisotopic (exact) mass is 399 g/mol. The predicted molar refractivity (Wildman–Crippen MR) is 107 cm³/mol. The minimum Gasteiger partial charge on any atom is -0.350 e. The summed E-state index contributed by atoms with van der Waals surface area (Å²) in [5.41, 5.74) is 0.805. The molecule has 8 heteroatoms. The lowest BCUT2D eigenvalue weighted by Crippen LogP contribution is -2.48. The van der Waals surface area contributed by atoms with E-state index in [0.29, 0.717) is 25.6 Å². The van der Waals surface area contributed by atoms with Crippen molar-refractivity contribution in [1.82, 2.24) is 20.2 Å². The second-order valence-electron chi connectivity index (χ2n) is 7.09. The minimum absolute atomic E-state index is 0.00879. The summed E-state index contributed by atoms with van der Waals surface area (Å²) >= 11 is 0. The van der Waals surface area contributed by atoms with Crippen LogP contribution >= 0.6 is 0 Å². The standard InChI is InChI=1S/C21H26FN5O2/c1-2-26(15-19(28)25-13-16-6-8-18(22)9-7-16)20(29)17-5-3-12-27(14-17)21-23-10-4-11-24-21/h4,6-11,17H,2-3,5,12-15H2,1H3,(H,25,28). The number of hydrogen-bond donors (Lipinski definition) is 1. The Labute approximate surface area is 169 Å². The molecule has 0 spiro atoms. The molecule has 1 N–H and O–H groups in total. The van der Waals surface area contributed by atoms with Crippen LogP contribution in [0.1, 0.15) is 25.3 Å². The van der Waals surface area contributed by atoms with Gasteiger partial charge in [0.05, 0.1) is 12.5 Å². The number of carbonyl (C=O) groups is 2. The molecule has 0 radical (unpaired) electrons. The number of benzene rings is 1. The zero-order valence-electron chi connectivity index (χ0n) is 16.6. The Kier molecular flexibility index (Phi) is 7.10. The number of nitrogens with zero attached hydrogens (tertiary/aromatic N) is 4. The number of likely N-dealkylation sites (N-methyl/N-ethyl adjacent to an activating group) is 1. The van der Waals surface area contributed by atoms with Crippen LogP contribution < -0.4 is 10.2 Å². The molecule has 1 saturated heterocycles. The Morgan fingerprint density at radius 2 is 1.97 bits per heavy atom. The highest BCUT2D eigenvalue weighted by atomic mass is 19.1. The van der Waals surface area contributed by atoms with E-state index in [1.54, 1.807) is 35.5 Å². The largest absolute Gasteiger partial charge is 0.350 e. The maximum Gasteiger partial charge on any atom is 0.239 e. The van der Waals surface area contributed by atoms with Gasteiger partial charge in [-0.15, -0.1) is 0 Å². The van der Waals surface area contributed by atoms with Gasteiger partial charge in [0.1, 0.15) is 5.82 Å². The number of amides is 2. The molecular weight excluding hydrogens is 373 g/mol. The average Bonchev–Trinajstić information content (AvgIpc) is 2.77. The maximum atomic E-state index is 13.0. The molecule has 1 aliphatic rings. The van der Waals surface area contributed by atoms with Crippen LogP contribution in [0.15, 0.2) is 42.7 Å². The quantitative estimate of drug-likeness (QED) is 0.771. The molecule has 0 aliphatic carbocycles. The van der Waals surface area contributed by atoms with Crippen LogP contribution in [-0.2, 0) is 16.1 Å². The Morgan fingerprint density at radius 3 is 2.66 bits per heavy atom. The highest BCUT2D eigenvalue weighted by Crippen LogP contribution is 2.21. The van der Waals surface area contributed by atoms with Gasteiger partial charge in [-0.3, -0.25) is 9.59 Å². The molecule has 1 atom stereocenters. The van der Waals surface area contributed by atoms with Crippen molar-refractivity contribution in [3.8, 4) is 0 Å². The molecule has 7 nitrogen and oxygen atoms in total. The Bertz CT molecular complexity index is 816. The number of piperidine rings is 1. The van der Waals surface area contributed by atoms with Crippen molar-refractivity contribution in [2.45, 2.75) is 26.3 Å². The van der Waals surface area contributed by atoms with Crippen molar-refractivity contribution < 1.29 is 14.0 Å². The van der Waals surface area contributed by atoms with Crippen LogP contribution in [0.3, 0.4) is 0 Å². The summed E-state index contributed by atoms with van der Waals surface area (Å²) < 4.78 is 13.0. The first kappa shape index (κ1) is 20.7. The Hall–Kier alpha value is -3.03. The zero-order chi connectivity index (χ0) is 20.6. The second kappa shape index (κ2) is 9.95. The number of carbonyl (C=O) groups excluding carboxylic acids is 2. The molecule has 3 rings (SSSR count). The molecule has 2 aromatic rings. The van der Waals surface area contributed by atoms with Crippen molar-refractivity contribution in [2.75, 3.05) is 31.1 Å². The minimum atomic E-state index is -0.315. The van der Waals surface area contributed by atoms with Gasteiger partial charge in [-0.25, -0.2) is 14.4 Å². The lowest BCUT2D eigenvalue weighted by atomic mass is 9.96. The molecular formula is C21H26FN5O2. The maximum absolute atomic E-state index is 13.0. The van der Waals surface area contributed by atoms with E-state index in [2.05, 4.69) is 15.3 Å². The van der Waals surface area contributed by atoms with Crippen molar-refractivity contribution in [1.29, 1.82) is 0 Å². The van der Waals surface area contributed by atoms with Gasteiger partial charge in [0.15, 0.2) is 0 Å². The summed E-state index contributed by atoms with van der Waals surface area (Å²) in [5.74, 6) is -0.124. The summed E-state index contributed by atoms with van der Waals surface area (Å²) in [6, 6.07) is 7.73. The summed E-state index contributed by atoms with van der Waals surface area (Å²) in [6.45, 7) is 4.00. The van der Waals surface area contributed by atoms with Crippen LogP contribution in [0.4, 0.5) is 10.3 Å². The van der Waals surface area contributed by atoms with Gasteiger partial charge in [-0.05, 0) is 43.5 Å². The smallest absolute Gasteiger partial charge is 0.239 e. The van der Waals surface area contributed by atoms with Crippen molar-refractivity contribution >= 4 is 17.8 Å². The van der Waals surface area contributed by atoms with E-state index >= 15 is 0 Å². The topological polar surface area (TPSA) is 78.4 Å². The van der Waals surface area contributed by atoms with E-state index in [1.807, 2.05) is 11.8 Å². The molecule has 1 unspecified atom stereocenters. The molecule has 154 valence electrons. The number of halogens is 1.